The van der Waals surface area contributed by atoms with Gasteiger partial charge in [-0.2, -0.15) is 0 Å². The largest absolute Gasteiger partial charge is 0.308 e. The molecular weight excluding hydrogens is 280 g/mol. The van der Waals surface area contributed by atoms with E-state index in [1.54, 1.807) is 0 Å². The lowest BCUT2D eigenvalue weighted by Crippen LogP contribution is -2.53. The number of benzene rings is 1. The Kier molecular flexibility index (Phi) is 6.09. The van der Waals surface area contributed by atoms with Gasteiger partial charge in [-0.05, 0) is 51.1 Å². The minimum absolute atomic E-state index is 0.324. The van der Waals surface area contributed by atoms with Crippen LogP contribution in [0.4, 0.5) is 0 Å². The van der Waals surface area contributed by atoms with Crippen LogP contribution in [0.5, 0.6) is 0 Å². The molecule has 1 saturated carbocycles. The van der Waals surface area contributed by atoms with Crippen molar-refractivity contribution in [3.8, 4) is 0 Å². The van der Waals surface area contributed by atoms with Crippen molar-refractivity contribution in [2.45, 2.75) is 57.0 Å². The molecule has 0 radical (unpaired) electrons. The predicted octanol–water partition coefficient (Wildman–Crippen LogP) is 4.65. The number of rotatable bonds is 6. The average Bonchev–Trinajstić information content (AvgIpc) is 2.49. The van der Waals surface area contributed by atoms with E-state index in [2.05, 4.69) is 43.4 Å². The summed E-state index contributed by atoms with van der Waals surface area (Å²) in [6, 6.07) is 8.65. The summed E-state index contributed by atoms with van der Waals surface area (Å²) in [6.07, 6.45) is 7.80. The molecule has 0 aromatic heterocycles. The molecule has 2 rings (SSSR count). The summed E-state index contributed by atoms with van der Waals surface area (Å²) in [5.41, 5.74) is 1.62. The first-order valence-electron chi connectivity index (χ1n) is 8.24. The van der Waals surface area contributed by atoms with Crippen molar-refractivity contribution in [2.24, 2.45) is 0 Å². The Hall–Kier alpha value is -0.570. The highest BCUT2D eigenvalue weighted by Gasteiger charge is 2.34. The lowest BCUT2D eigenvalue weighted by molar-refractivity contribution is 0.0949. The summed E-state index contributed by atoms with van der Waals surface area (Å²) in [7, 11) is 4.46. The maximum atomic E-state index is 6.14. The number of likely N-dealkylation sites (N-methyl/N-ethyl adjacent to an activating group) is 1. The van der Waals surface area contributed by atoms with Crippen LogP contribution >= 0.6 is 11.6 Å². The Balaban J connectivity index is 2.04. The third kappa shape index (κ3) is 4.21. The van der Waals surface area contributed by atoms with Crippen LogP contribution in [0.3, 0.4) is 0 Å². The van der Waals surface area contributed by atoms with Crippen molar-refractivity contribution < 1.29 is 0 Å². The van der Waals surface area contributed by atoms with Crippen LogP contribution in [0.1, 0.15) is 57.1 Å². The Bertz CT molecular complexity index is 439. The smallest absolute Gasteiger partial charge is 0.0409 e. The summed E-state index contributed by atoms with van der Waals surface area (Å²) >= 11 is 6.14. The molecule has 21 heavy (non-hydrogen) atoms. The van der Waals surface area contributed by atoms with Gasteiger partial charge in [0.2, 0.25) is 0 Å². The normalized spacial score (nSPS) is 19.7. The van der Waals surface area contributed by atoms with Crippen LogP contribution in [-0.2, 0) is 0 Å². The minimum Gasteiger partial charge on any atom is -0.308 e. The molecule has 0 heterocycles. The zero-order chi connectivity index (χ0) is 15.3. The summed E-state index contributed by atoms with van der Waals surface area (Å²) < 4.78 is 0. The molecule has 2 nitrogen and oxygen atoms in total. The summed E-state index contributed by atoms with van der Waals surface area (Å²) in [5.74, 6) is 0. The van der Waals surface area contributed by atoms with Crippen molar-refractivity contribution in [1.29, 1.82) is 0 Å². The van der Waals surface area contributed by atoms with Crippen molar-refractivity contribution in [3.05, 3.63) is 34.9 Å². The predicted molar refractivity (Wildman–Crippen MR) is 92.0 cm³/mol. The second-order valence-corrected chi connectivity index (χ2v) is 7.01. The van der Waals surface area contributed by atoms with Crippen LogP contribution in [0, 0.1) is 0 Å². The molecule has 3 heteroatoms. The second kappa shape index (κ2) is 7.62. The molecule has 118 valence electrons. The van der Waals surface area contributed by atoms with Gasteiger partial charge in [-0.1, -0.05) is 49.9 Å². The van der Waals surface area contributed by atoms with Crippen LogP contribution in [0.15, 0.2) is 24.3 Å². The van der Waals surface area contributed by atoms with Crippen LogP contribution in [0.2, 0.25) is 5.02 Å². The van der Waals surface area contributed by atoms with Gasteiger partial charge in [-0.25, -0.2) is 0 Å². The molecule has 1 aliphatic carbocycles. The maximum Gasteiger partial charge on any atom is 0.0409 e. The third-order valence-corrected chi connectivity index (χ3v) is 5.30. The number of hydrogen-bond donors (Lipinski definition) is 1. The number of nitrogens with zero attached hydrogens (tertiary/aromatic N) is 1. The molecule has 0 saturated heterocycles. The molecule has 1 fully saturated rings. The lowest BCUT2D eigenvalue weighted by atomic mass is 9.80. The highest BCUT2D eigenvalue weighted by molar-refractivity contribution is 6.30. The summed E-state index contributed by atoms with van der Waals surface area (Å²) in [6.45, 7) is 3.30. The first-order chi connectivity index (χ1) is 10.1. The van der Waals surface area contributed by atoms with E-state index < -0.39 is 0 Å². The zero-order valence-corrected chi connectivity index (χ0v) is 14.4. The monoisotopic (exact) mass is 308 g/mol. The average molecular weight is 309 g/mol. The van der Waals surface area contributed by atoms with Crippen molar-refractivity contribution >= 4 is 11.6 Å². The Labute approximate surface area is 134 Å². The lowest BCUT2D eigenvalue weighted by Gasteiger charge is -2.44. The van der Waals surface area contributed by atoms with E-state index in [-0.39, 0.29) is 0 Å². The van der Waals surface area contributed by atoms with Crippen molar-refractivity contribution in [1.82, 2.24) is 10.2 Å². The van der Waals surface area contributed by atoms with Gasteiger partial charge in [0.15, 0.2) is 0 Å². The van der Waals surface area contributed by atoms with Gasteiger partial charge < -0.3 is 10.2 Å². The standard InChI is InChI=1S/C18H29ClN2/c1-4-17(15-9-8-10-16(19)13-15)20-14-18(21(2)3)11-6-5-7-12-18/h8-10,13,17,20H,4-7,11-12,14H2,1-3H3. The van der Waals surface area contributed by atoms with Crippen LogP contribution in [-0.4, -0.2) is 31.1 Å². The first kappa shape index (κ1) is 16.8. The van der Waals surface area contributed by atoms with Crippen LogP contribution < -0.4 is 5.32 Å². The Morgan fingerprint density at radius 3 is 2.52 bits per heavy atom. The third-order valence-electron chi connectivity index (χ3n) is 5.07. The molecule has 0 bridgehead atoms. The number of nitrogens with one attached hydrogen (secondary N) is 1. The topological polar surface area (TPSA) is 15.3 Å². The van der Waals surface area contributed by atoms with E-state index >= 15 is 0 Å². The van der Waals surface area contributed by atoms with E-state index in [1.165, 1.54) is 37.7 Å². The first-order valence-corrected chi connectivity index (χ1v) is 8.61. The van der Waals surface area contributed by atoms with Gasteiger partial charge >= 0.3 is 0 Å². The van der Waals surface area contributed by atoms with E-state index in [0.717, 1.165) is 18.0 Å². The van der Waals surface area contributed by atoms with Gasteiger partial charge in [-0.15, -0.1) is 0 Å². The van der Waals surface area contributed by atoms with E-state index in [1.807, 2.05) is 12.1 Å². The van der Waals surface area contributed by atoms with Gasteiger partial charge in [0.1, 0.15) is 0 Å². The molecule has 1 aromatic rings. The zero-order valence-electron chi connectivity index (χ0n) is 13.7. The molecule has 1 aliphatic rings. The molecular formula is C18H29ClN2. The molecule has 1 N–H and O–H groups in total. The quantitative estimate of drug-likeness (QED) is 0.823. The fraction of sp³-hybridized carbons (Fsp3) is 0.667. The number of halogens is 1. The van der Waals surface area contributed by atoms with Crippen LogP contribution in [0.25, 0.3) is 0 Å². The van der Waals surface area contributed by atoms with Gasteiger partial charge in [0, 0.05) is 23.1 Å². The van der Waals surface area contributed by atoms with E-state index in [0.29, 0.717) is 11.6 Å². The highest BCUT2D eigenvalue weighted by atomic mass is 35.5. The Morgan fingerprint density at radius 2 is 1.95 bits per heavy atom. The SMILES string of the molecule is CCC(NCC1(N(C)C)CCCCC1)c1cccc(Cl)c1. The molecule has 1 atom stereocenters. The minimum atomic E-state index is 0.324. The number of hydrogen-bond acceptors (Lipinski definition) is 2. The fourth-order valence-electron chi connectivity index (χ4n) is 3.53. The van der Waals surface area contributed by atoms with Gasteiger partial charge in [0.05, 0.1) is 0 Å². The van der Waals surface area contributed by atoms with Gasteiger partial charge in [0.25, 0.3) is 0 Å². The Morgan fingerprint density at radius 1 is 1.24 bits per heavy atom. The molecule has 0 spiro atoms. The van der Waals surface area contributed by atoms with Crippen molar-refractivity contribution in [2.75, 3.05) is 20.6 Å². The molecule has 1 aromatic carbocycles. The van der Waals surface area contributed by atoms with Crippen molar-refractivity contribution in [3.63, 3.8) is 0 Å². The van der Waals surface area contributed by atoms with E-state index in [9.17, 15) is 0 Å². The second-order valence-electron chi connectivity index (χ2n) is 6.58. The van der Waals surface area contributed by atoms with E-state index in [4.69, 9.17) is 11.6 Å². The maximum absolute atomic E-state index is 6.14. The molecule has 0 amide bonds. The van der Waals surface area contributed by atoms with Gasteiger partial charge in [-0.3, -0.25) is 0 Å². The fourth-order valence-corrected chi connectivity index (χ4v) is 3.73. The molecule has 0 aliphatic heterocycles. The summed E-state index contributed by atoms with van der Waals surface area (Å²) in [4.78, 5) is 2.43. The summed E-state index contributed by atoms with van der Waals surface area (Å²) in [5, 5.41) is 4.63. The highest BCUT2D eigenvalue weighted by Crippen LogP contribution is 2.32. The molecule has 1 unspecified atom stereocenters.